The lowest BCUT2D eigenvalue weighted by atomic mass is 10.2. The molecule has 0 radical (unpaired) electrons. The molecule has 7 heteroatoms. The minimum absolute atomic E-state index is 0.204. The van der Waals surface area contributed by atoms with E-state index in [0.29, 0.717) is 18.6 Å². The van der Waals surface area contributed by atoms with Crippen molar-refractivity contribution < 1.29 is 4.39 Å². The maximum Gasteiger partial charge on any atom is 0.186 e. The highest BCUT2D eigenvalue weighted by atomic mass is 32.1. The standard InChI is InChI=1S/C21H26FN5S/c1-14(24-10-15-2-4-16(22)5-3-15)26-9-8-19-20(13-26)28-21(25-19)27-17-6-7-18(27)12-23-11-17/h2-5,17-18,23-24H,1,6-13H2. The Bertz CT molecular complexity index is 848. The van der Waals surface area contributed by atoms with Gasteiger partial charge in [0, 0.05) is 49.6 Å². The van der Waals surface area contributed by atoms with Gasteiger partial charge in [-0.05, 0) is 30.5 Å². The number of aromatic nitrogens is 1. The minimum Gasteiger partial charge on any atom is -0.368 e. The average molecular weight is 400 g/mol. The van der Waals surface area contributed by atoms with Crippen LogP contribution in [-0.4, -0.2) is 41.6 Å². The van der Waals surface area contributed by atoms with E-state index >= 15 is 0 Å². The number of nitrogens with one attached hydrogen (secondary N) is 2. The van der Waals surface area contributed by atoms with Gasteiger partial charge in [-0.25, -0.2) is 9.37 Å². The predicted molar refractivity (Wildman–Crippen MR) is 111 cm³/mol. The van der Waals surface area contributed by atoms with Gasteiger partial charge in [0.15, 0.2) is 5.13 Å². The van der Waals surface area contributed by atoms with Crippen LogP contribution in [0.2, 0.25) is 0 Å². The van der Waals surface area contributed by atoms with E-state index < -0.39 is 0 Å². The molecular formula is C21H26FN5S. The summed E-state index contributed by atoms with van der Waals surface area (Å²) >= 11 is 1.86. The van der Waals surface area contributed by atoms with Crippen molar-refractivity contribution in [1.82, 2.24) is 20.5 Å². The summed E-state index contributed by atoms with van der Waals surface area (Å²) in [6, 6.07) is 7.82. The average Bonchev–Trinajstić information content (AvgIpc) is 3.23. The first-order valence-electron chi connectivity index (χ1n) is 10.1. The topological polar surface area (TPSA) is 43.4 Å². The van der Waals surface area contributed by atoms with Crippen LogP contribution in [0.3, 0.4) is 0 Å². The smallest absolute Gasteiger partial charge is 0.186 e. The van der Waals surface area contributed by atoms with E-state index in [0.717, 1.165) is 44.0 Å². The fourth-order valence-electron chi connectivity index (χ4n) is 4.53. The molecule has 1 aromatic heterocycles. The largest absolute Gasteiger partial charge is 0.368 e. The molecule has 3 aliphatic rings. The molecular weight excluding hydrogens is 373 g/mol. The summed E-state index contributed by atoms with van der Waals surface area (Å²) in [6.07, 6.45) is 3.51. The SMILES string of the molecule is C=C(NCc1ccc(F)cc1)N1CCc2nc(N3C4CCC3CNC4)sc2C1. The second kappa shape index (κ2) is 7.37. The Labute approximate surface area is 169 Å². The van der Waals surface area contributed by atoms with E-state index in [1.54, 1.807) is 12.1 Å². The number of nitrogens with zero attached hydrogens (tertiary/aromatic N) is 3. The molecule has 2 fully saturated rings. The van der Waals surface area contributed by atoms with Crippen LogP contribution in [0, 0.1) is 5.82 Å². The van der Waals surface area contributed by atoms with Crippen LogP contribution in [0.4, 0.5) is 9.52 Å². The zero-order valence-corrected chi connectivity index (χ0v) is 16.8. The summed E-state index contributed by atoms with van der Waals surface area (Å²) in [5.74, 6) is 0.720. The lowest BCUT2D eigenvalue weighted by Crippen LogP contribution is -2.51. The van der Waals surface area contributed by atoms with Crippen molar-refractivity contribution in [2.75, 3.05) is 24.5 Å². The van der Waals surface area contributed by atoms with E-state index in [-0.39, 0.29) is 5.82 Å². The van der Waals surface area contributed by atoms with Gasteiger partial charge in [-0.3, -0.25) is 0 Å². The molecule has 0 saturated carbocycles. The Hall–Kier alpha value is -2.12. The van der Waals surface area contributed by atoms with Crippen LogP contribution >= 0.6 is 11.3 Å². The summed E-state index contributed by atoms with van der Waals surface area (Å²) in [4.78, 5) is 11.2. The summed E-state index contributed by atoms with van der Waals surface area (Å²) in [5, 5.41) is 8.15. The molecule has 5 nitrogen and oxygen atoms in total. The normalized spacial score (nSPS) is 23.6. The number of halogens is 1. The van der Waals surface area contributed by atoms with Crippen molar-refractivity contribution in [3.05, 3.63) is 58.6 Å². The van der Waals surface area contributed by atoms with Crippen LogP contribution in [-0.2, 0) is 19.5 Å². The fraction of sp³-hybridized carbons (Fsp3) is 0.476. The lowest BCUT2D eigenvalue weighted by Gasteiger charge is -2.35. The third-order valence-corrected chi connectivity index (χ3v) is 7.21. The zero-order valence-electron chi connectivity index (χ0n) is 16.0. The van der Waals surface area contributed by atoms with Gasteiger partial charge in [0.2, 0.25) is 0 Å². The van der Waals surface area contributed by atoms with Crippen molar-refractivity contribution in [3.8, 4) is 0 Å². The summed E-state index contributed by atoms with van der Waals surface area (Å²) in [7, 11) is 0. The van der Waals surface area contributed by atoms with Crippen LogP contribution in [0.1, 0.15) is 29.0 Å². The Balaban J connectivity index is 1.23. The predicted octanol–water partition coefficient (Wildman–Crippen LogP) is 2.84. The van der Waals surface area contributed by atoms with Gasteiger partial charge < -0.3 is 20.4 Å². The molecule has 0 aliphatic carbocycles. The molecule has 2 unspecified atom stereocenters. The van der Waals surface area contributed by atoms with Crippen molar-refractivity contribution >= 4 is 16.5 Å². The van der Waals surface area contributed by atoms with Gasteiger partial charge in [-0.1, -0.05) is 30.0 Å². The van der Waals surface area contributed by atoms with Gasteiger partial charge in [0.25, 0.3) is 0 Å². The molecule has 3 aliphatic heterocycles. The van der Waals surface area contributed by atoms with Crippen molar-refractivity contribution in [3.63, 3.8) is 0 Å². The van der Waals surface area contributed by atoms with Crippen molar-refractivity contribution in [1.29, 1.82) is 0 Å². The van der Waals surface area contributed by atoms with E-state index in [2.05, 4.69) is 27.0 Å². The maximum absolute atomic E-state index is 13.0. The van der Waals surface area contributed by atoms with E-state index in [1.807, 2.05) is 11.3 Å². The Morgan fingerprint density at radius 2 is 2.00 bits per heavy atom. The van der Waals surface area contributed by atoms with Gasteiger partial charge >= 0.3 is 0 Å². The molecule has 2 bridgehead atoms. The number of anilines is 1. The van der Waals surface area contributed by atoms with Crippen LogP contribution in [0.25, 0.3) is 0 Å². The van der Waals surface area contributed by atoms with E-state index in [9.17, 15) is 4.39 Å². The quantitative estimate of drug-likeness (QED) is 0.810. The minimum atomic E-state index is -0.204. The first-order chi connectivity index (χ1) is 13.7. The van der Waals surface area contributed by atoms with Gasteiger partial charge in [0.05, 0.1) is 18.1 Å². The van der Waals surface area contributed by atoms with Crippen LogP contribution in [0.15, 0.2) is 36.7 Å². The first-order valence-corrected chi connectivity index (χ1v) is 10.9. The molecule has 2 N–H and O–H groups in total. The molecule has 0 amide bonds. The van der Waals surface area contributed by atoms with Crippen LogP contribution in [0.5, 0.6) is 0 Å². The number of piperazine rings is 1. The number of hydrogen-bond donors (Lipinski definition) is 2. The van der Waals surface area contributed by atoms with Crippen molar-refractivity contribution in [2.24, 2.45) is 0 Å². The number of hydrogen-bond acceptors (Lipinski definition) is 6. The Kier molecular flexibility index (Phi) is 4.72. The van der Waals surface area contributed by atoms with Crippen molar-refractivity contribution in [2.45, 2.75) is 44.4 Å². The second-order valence-electron chi connectivity index (χ2n) is 7.92. The summed E-state index contributed by atoms with van der Waals surface area (Å²) in [5.41, 5.74) is 2.31. The van der Waals surface area contributed by atoms with Crippen LogP contribution < -0.4 is 15.5 Å². The highest BCUT2D eigenvalue weighted by Crippen LogP contribution is 2.38. The molecule has 28 heavy (non-hydrogen) atoms. The molecule has 5 rings (SSSR count). The Morgan fingerprint density at radius 3 is 2.75 bits per heavy atom. The highest BCUT2D eigenvalue weighted by molar-refractivity contribution is 7.15. The molecule has 1 aromatic carbocycles. The Morgan fingerprint density at radius 1 is 1.25 bits per heavy atom. The number of rotatable bonds is 5. The number of thiazole rings is 1. The fourth-order valence-corrected chi connectivity index (χ4v) is 5.80. The van der Waals surface area contributed by atoms with Gasteiger partial charge in [-0.15, -0.1) is 0 Å². The third-order valence-electron chi connectivity index (χ3n) is 6.11. The van der Waals surface area contributed by atoms with E-state index in [1.165, 1.54) is 40.7 Å². The third kappa shape index (κ3) is 3.37. The molecule has 4 heterocycles. The molecule has 2 atom stereocenters. The van der Waals surface area contributed by atoms with Gasteiger partial charge in [0.1, 0.15) is 5.82 Å². The molecule has 2 aromatic rings. The second-order valence-corrected chi connectivity index (χ2v) is 8.98. The zero-order chi connectivity index (χ0) is 19.1. The molecule has 0 spiro atoms. The number of benzene rings is 1. The molecule has 148 valence electrons. The van der Waals surface area contributed by atoms with E-state index in [4.69, 9.17) is 4.98 Å². The maximum atomic E-state index is 13.0. The molecule has 2 saturated heterocycles. The van der Waals surface area contributed by atoms with Gasteiger partial charge in [-0.2, -0.15) is 0 Å². The summed E-state index contributed by atoms with van der Waals surface area (Å²) in [6.45, 7) is 8.83. The first kappa shape index (κ1) is 17.9. The summed E-state index contributed by atoms with van der Waals surface area (Å²) < 4.78 is 13.0. The number of fused-ring (bicyclic) bond motifs is 3. The monoisotopic (exact) mass is 399 g/mol. The lowest BCUT2D eigenvalue weighted by molar-refractivity contribution is 0.301. The highest BCUT2D eigenvalue weighted by Gasteiger charge is 2.38.